The lowest BCUT2D eigenvalue weighted by Crippen LogP contribution is -2.42. The van der Waals surface area contributed by atoms with E-state index in [1.807, 2.05) is 7.05 Å². The number of hydrogen-bond donors (Lipinski definition) is 1. The lowest BCUT2D eigenvalue weighted by atomic mass is 9.87. The number of likely N-dealkylation sites (tertiary alicyclic amines) is 1. The summed E-state index contributed by atoms with van der Waals surface area (Å²) < 4.78 is 16.8. The molecule has 22 heavy (non-hydrogen) atoms. The molecule has 6 nitrogen and oxygen atoms in total. The zero-order valence-electron chi connectivity index (χ0n) is 13.7. The van der Waals surface area contributed by atoms with Gasteiger partial charge >= 0.3 is 0 Å². The highest BCUT2D eigenvalue weighted by atomic mass is 16.5. The fourth-order valence-corrected chi connectivity index (χ4v) is 3.65. The first-order valence-corrected chi connectivity index (χ1v) is 8.54. The first kappa shape index (κ1) is 16.0. The zero-order valence-corrected chi connectivity index (χ0v) is 13.7. The second-order valence-corrected chi connectivity index (χ2v) is 6.66. The largest absolute Gasteiger partial charge is 0.381 e. The number of nitrogens with zero attached hydrogens (tertiary/aromatic N) is 2. The summed E-state index contributed by atoms with van der Waals surface area (Å²) in [6.45, 7) is 7.04. The average molecular weight is 311 g/mol. The van der Waals surface area contributed by atoms with Crippen molar-refractivity contribution in [2.45, 2.75) is 31.8 Å². The number of guanidine groups is 1. The van der Waals surface area contributed by atoms with Gasteiger partial charge in [-0.1, -0.05) is 0 Å². The van der Waals surface area contributed by atoms with Crippen molar-refractivity contribution >= 4 is 5.96 Å². The van der Waals surface area contributed by atoms with Gasteiger partial charge in [-0.3, -0.25) is 4.99 Å². The monoisotopic (exact) mass is 311 g/mol. The Labute approximate surface area is 133 Å². The molecule has 6 heteroatoms. The topological polar surface area (TPSA) is 55.3 Å². The van der Waals surface area contributed by atoms with Crippen LogP contribution in [-0.2, 0) is 14.2 Å². The third-order valence-corrected chi connectivity index (χ3v) is 4.99. The Morgan fingerprint density at radius 2 is 2.36 bits per heavy atom. The molecule has 3 heterocycles. The van der Waals surface area contributed by atoms with E-state index in [4.69, 9.17) is 14.2 Å². The van der Waals surface area contributed by atoms with E-state index in [0.717, 1.165) is 51.8 Å². The van der Waals surface area contributed by atoms with E-state index in [0.29, 0.717) is 24.7 Å². The predicted octanol–water partition coefficient (Wildman–Crippen LogP) is 0.870. The first-order chi connectivity index (χ1) is 10.8. The van der Waals surface area contributed by atoms with Crippen LogP contribution in [0, 0.1) is 5.41 Å². The minimum Gasteiger partial charge on any atom is -0.381 e. The summed E-state index contributed by atoms with van der Waals surface area (Å²) in [4.78, 5) is 6.77. The van der Waals surface area contributed by atoms with Gasteiger partial charge in [-0.05, 0) is 25.7 Å². The van der Waals surface area contributed by atoms with Crippen LogP contribution in [0.5, 0.6) is 0 Å². The molecule has 0 aromatic carbocycles. The predicted molar refractivity (Wildman–Crippen MR) is 85.2 cm³/mol. The smallest absolute Gasteiger partial charge is 0.193 e. The molecule has 3 rings (SSSR count). The van der Waals surface area contributed by atoms with E-state index in [2.05, 4.69) is 15.2 Å². The molecular formula is C16H29N3O3. The maximum absolute atomic E-state index is 5.69. The van der Waals surface area contributed by atoms with Gasteiger partial charge in [0.05, 0.1) is 25.9 Å². The Balaban J connectivity index is 1.34. The summed E-state index contributed by atoms with van der Waals surface area (Å²) in [5.74, 6) is 0.990. The maximum Gasteiger partial charge on any atom is 0.193 e. The van der Waals surface area contributed by atoms with E-state index in [9.17, 15) is 0 Å². The van der Waals surface area contributed by atoms with Gasteiger partial charge in [-0.2, -0.15) is 0 Å². The van der Waals surface area contributed by atoms with Crippen molar-refractivity contribution in [2.75, 3.05) is 59.7 Å². The Morgan fingerprint density at radius 3 is 3.09 bits per heavy atom. The summed E-state index contributed by atoms with van der Waals surface area (Å²) in [5, 5.41) is 3.41. The highest BCUT2D eigenvalue weighted by Gasteiger charge is 2.42. The molecule has 3 aliphatic heterocycles. The van der Waals surface area contributed by atoms with E-state index >= 15 is 0 Å². The van der Waals surface area contributed by atoms with Crippen molar-refractivity contribution in [3.8, 4) is 0 Å². The third kappa shape index (κ3) is 3.91. The van der Waals surface area contributed by atoms with Gasteiger partial charge in [0.1, 0.15) is 0 Å². The molecule has 0 aromatic heterocycles. The number of aliphatic imine (C=N–C) groups is 1. The SMILES string of the molecule is CN=C(NCCOCC1CCCO1)N1CCC2(CCOC2)C1. The lowest BCUT2D eigenvalue weighted by Gasteiger charge is -2.25. The van der Waals surface area contributed by atoms with Gasteiger partial charge in [0.25, 0.3) is 0 Å². The standard InChI is InChI=1S/C16H29N3O3/c1-17-15(18-6-10-20-11-14-3-2-8-22-14)19-7-4-16(12-19)5-9-21-13-16/h14H,2-13H2,1H3,(H,17,18). The normalized spacial score (nSPS) is 32.3. The zero-order chi connectivity index (χ0) is 15.3. The van der Waals surface area contributed by atoms with Crippen LogP contribution in [0.15, 0.2) is 4.99 Å². The van der Waals surface area contributed by atoms with Crippen molar-refractivity contribution in [2.24, 2.45) is 10.4 Å². The summed E-state index contributed by atoms with van der Waals surface area (Å²) in [6, 6.07) is 0. The molecule has 0 aliphatic carbocycles. The van der Waals surface area contributed by atoms with Gasteiger partial charge in [0, 0.05) is 45.3 Å². The summed E-state index contributed by atoms with van der Waals surface area (Å²) >= 11 is 0. The number of ether oxygens (including phenoxy) is 3. The molecule has 0 bridgehead atoms. The molecule has 0 radical (unpaired) electrons. The second kappa shape index (κ2) is 7.62. The fourth-order valence-electron chi connectivity index (χ4n) is 3.65. The molecular weight excluding hydrogens is 282 g/mol. The molecule has 0 amide bonds. The molecule has 126 valence electrons. The van der Waals surface area contributed by atoms with Gasteiger partial charge in [-0.25, -0.2) is 0 Å². The molecule has 0 aromatic rings. The van der Waals surface area contributed by atoms with E-state index in [1.54, 1.807) is 0 Å². The van der Waals surface area contributed by atoms with E-state index in [1.165, 1.54) is 19.3 Å². The summed E-state index contributed by atoms with van der Waals surface area (Å²) in [5.41, 5.74) is 0.369. The number of rotatable bonds is 5. The van der Waals surface area contributed by atoms with Gasteiger partial charge in [0.15, 0.2) is 5.96 Å². The van der Waals surface area contributed by atoms with Crippen molar-refractivity contribution in [1.29, 1.82) is 0 Å². The Morgan fingerprint density at radius 1 is 1.41 bits per heavy atom. The van der Waals surface area contributed by atoms with Gasteiger partial charge in [0.2, 0.25) is 0 Å². The molecule has 3 saturated heterocycles. The summed E-state index contributed by atoms with van der Waals surface area (Å²) in [7, 11) is 1.85. The lowest BCUT2D eigenvalue weighted by molar-refractivity contribution is 0.0190. The number of hydrogen-bond acceptors (Lipinski definition) is 4. The molecule has 1 N–H and O–H groups in total. The van der Waals surface area contributed by atoms with E-state index in [-0.39, 0.29) is 0 Å². The Kier molecular flexibility index (Phi) is 5.55. The minimum absolute atomic E-state index is 0.306. The van der Waals surface area contributed by atoms with Gasteiger partial charge < -0.3 is 24.4 Å². The molecule has 0 saturated carbocycles. The Hall–Kier alpha value is -0.850. The van der Waals surface area contributed by atoms with Crippen LogP contribution in [0.25, 0.3) is 0 Å². The van der Waals surface area contributed by atoms with Crippen LogP contribution in [0.2, 0.25) is 0 Å². The molecule has 1 spiro atoms. The molecule has 2 atom stereocenters. The molecule has 3 aliphatic rings. The van der Waals surface area contributed by atoms with Crippen molar-refractivity contribution in [3.63, 3.8) is 0 Å². The minimum atomic E-state index is 0.306. The van der Waals surface area contributed by atoms with Crippen molar-refractivity contribution < 1.29 is 14.2 Å². The maximum atomic E-state index is 5.69. The van der Waals surface area contributed by atoms with Crippen LogP contribution in [0.3, 0.4) is 0 Å². The number of nitrogens with one attached hydrogen (secondary N) is 1. The first-order valence-electron chi connectivity index (χ1n) is 8.54. The van der Waals surface area contributed by atoms with Crippen LogP contribution in [0.1, 0.15) is 25.7 Å². The van der Waals surface area contributed by atoms with E-state index < -0.39 is 0 Å². The van der Waals surface area contributed by atoms with Crippen molar-refractivity contribution in [3.05, 3.63) is 0 Å². The fraction of sp³-hybridized carbons (Fsp3) is 0.938. The molecule has 3 fully saturated rings. The quantitative estimate of drug-likeness (QED) is 0.464. The average Bonchev–Trinajstić information content (AvgIpc) is 3.27. The van der Waals surface area contributed by atoms with Crippen LogP contribution >= 0.6 is 0 Å². The third-order valence-electron chi connectivity index (χ3n) is 4.99. The second-order valence-electron chi connectivity index (χ2n) is 6.66. The van der Waals surface area contributed by atoms with Gasteiger partial charge in [-0.15, -0.1) is 0 Å². The summed E-state index contributed by atoms with van der Waals surface area (Å²) in [6.07, 6.45) is 5.00. The van der Waals surface area contributed by atoms with Crippen LogP contribution < -0.4 is 5.32 Å². The van der Waals surface area contributed by atoms with Crippen LogP contribution in [0.4, 0.5) is 0 Å². The Bertz CT molecular complexity index is 377. The highest BCUT2D eigenvalue weighted by Crippen LogP contribution is 2.38. The molecule has 2 unspecified atom stereocenters. The van der Waals surface area contributed by atoms with Crippen LogP contribution in [-0.4, -0.2) is 76.7 Å². The van der Waals surface area contributed by atoms with Crippen molar-refractivity contribution in [1.82, 2.24) is 10.2 Å². The highest BCUT2D eigenvalue weighted by molar-refractivity contribution is 5.80.